The van der Waals surface area contributed by atoms with Gasteiger partial charge in [0.15, 0.2) is 12.3 Å². The summed E-state index contributed by atoms with van der Waals surface area (Å²) in [6.45, 7) is -0.594. The molecule has 4 aliphatic rings. The second-order valence-corrected chi connectivity index (χ2v) is 11.9. The highest BCUT2D eigenvalue weighted by molar-refractivity contribution is 6.41. The minimum absolute atomic E-state index is 0.0691. The van der Waals surface area contributed by atoms with E-state index in [1.54, 1.807) is 10.6 Å². The normalized spacial score (nSPS) is 31.1. The molecule has 2 aliphatic carbocycles. The average molecular weight is 536 g/mol. The molecule has 10 nitrogen and oxygen atoms in total. The number of primary amides is 1. The van der Waals surface area contributed by atoms with E-state index in [-0.39, 0.29) is 11.7 Å². The fourth-order valence-electron chi connectivity index (χ4n) is 8.15. The summed E-state index contributed by atoms with van der Waals surface area (Å²) >= 11 is 0. The molecular formula is C29H37N5O5. The van der Waals surface area contributed by atoms with Gasteiger partial charge in [-0.2, -0.15) is 0 Å². The Labute approximate surface area is 227 Å². The maximum Gasteiger partial charge on any atom is 0.360 e. The van der Waals surface area contributed by atoms with Crippen LogP contribution in [0.25, 0.3) is 11.0 Å². The molecule has 3 N–H and O–H groups in total. The Balaban J connectivity index is 1.35. The first-order valence-electron chi connectivity index (χ1n) is 14.4. The second kappa shape index (κ2) is 10.7. The standard InChI is InChI=1S/C29H37N5O5/c30-25(35)16-39-32-27(29(37)38)26-28(36)34(24-10-2-1-9-23(24)31-26)22-14-19-7-4-8-20(15-22)33(19)21-12-17-5-3-6-18(11-17)13-21/h1-2,9-10,17-22H,3-8,11-16H2,(H2,30,35)(H,37,38)/b32-27-/t17-,18+,19-,20+,21+,22+. The van der Waals surface area contributed by atoms with Crippen LogP contribution in [0, 0.1) is 11.8 Å². The number of oxime groups is 1. The van der Waals surface area contributed by atoms with Gasteiger partial charge in [0.2, 0.25) is 5.71 Å². The summed E-state index contributed by atoms with van der Waals surface area (Å²) < 4.78 is 1.75. The topological polar surface area (TPSA) is 140 Å². The molecule has 208 valence electrons. The van der Waals surface area contributed by atoms with Gasteiger partial charge in [0, 0.05) is 24.2 Å². The van der Waals surface area contributed by atoms with E-state index in [0.29, 0.717) is 29.2 Å². The van der Waals surface area contributed by atoms with Crippen molar-refractivity contribution in [1.29, 1.82) is 0 Å². The highest BCUT2D eigenvalue weighted by Crippen LogP contribution is 2.47. The monoisotopic (exact) mass is 535 g/mol. The van der Waals surface area contributed by atoms with Gasteiger partial charge in [-0.05, 0) is 68.9 Å². The summed E-state index contributed by atoms with van der Waals surface area (Å²) in [5.74, 6) is -0.533. The molecule has 4 bridgehead atoms. The Morgan fingerprint density at radius 1 is 0.949 bits per heavy atom. The number of fused-ring (bicyclic) bond motifs is 5. The number of carbonyl (C=O) groups is 2. The Bertz CT molecular complexity index is 1330. The zero-order valence-corrected chi connectivity index (χ0v) is 22.2. The van der Waals surface area contributed by atoms with Crippen LogP contribution in [0.1, 0.15) is 82.4 Å². The van der Waals surface area contributed by atoms with Crippen molar-refractivity contribution < 1.29 is 19.5 Å². The minimum Gasteiger partial charge on any atom is -0.476 e. The van der Waals surface area contributed by atoms with Crippen molar-refractivity contribution in [3.63, 3.8) is 0 Å². The van der Waals surface area contributed by atoms with Gasteiger partial charge in [-0.15, -0.1) is 0 Å². The van der Waals surface area contributed by atoms with E-state index in [1.165, 1.54) is 44.9 Å². The van der Waals surface area contributed by atoms with Gasteiger partial charge in [-0.1, -0.05) is 43.0 Å². The lowest BCUT2D eigenvalue weighted by atomic mass is 9.68. The van der Waals surface area contributed by atoms with Crippen LogP contribution in [0.5, 0.6) is 0 Å². The summed E-state index contributed by atoms with van der Waals surface area (Å²) in [6, 6.07) is 8.74. The van der Waals surface area contributed by atoms with Gasteiger partial charge < -0.3 is 20.2 Å². The SMILES string of the molecule is NC(=O)CO/N=C(\C(=O)O)c1nc2ccccc2n([C@H]2C[C@H]3CCC[C@@H](C2)N3[C@H]2C[C@@H]3CCC[C@@H](C3)C2)c1=O. The first-order valence-corrected chi connectivity index (χ1v) is 14.4. The number of carbonyl (C=O) groups excluding carboxylic acids is 1. The number of aromatic nitrogens is 2. The zero-order chi connectivity index (χ0) is 27.1. The van der Waals surface area contributed by atoms with Crippen LogP contribution in [0.4, 0.5) is 0 Å². The molecule has 2 saturated carbocycles. The van der Waals surface area contributed by atoms with E-state index in [9.17, 15) is 19.5 Å². The number of aliphatic carboxylic acids is 1. The number of carboxylic acids is 1. The molecule has 6 atom stereocenters. The summed E-state index contributed by atoms with van der Waals surface area (Å²) in [7, 11) is 0. The maximum absolute atomic E-state index is 14.0. The molecule has 1 aromatic heterocycles. The van der Waals surface area contributed by atoms with Gasteiger partial charge in [0.1, 0.15) is 0 Å². The molecule has 4 fully saturated rings. The Kier molecular flexibility index (Phi) is 7.14. The van der Waals surface area contributed by atoms with Gasteiger partial charge in [0.25, 0.3) is 11.5 Å². The number of nitrogens with two attached hydrogens (primary N) is 1. The fraction of sp³-hybridized carbons (Fsp3) is 0.621. The van der Waals surface area contributed by atoms with Gasteiger partial charge in [0.05, 0.1) is 11.0 Å². The van der Waals surface area contributed by atoms with Crippen molar-refractivity contribution in [3.05, 3.63) is 40.3 Å². The third-order valence-electron chi connectivity index (χ3n) is 9.48. The molecule has 0 spiro atoms. The predicted octanol–water partition coefficient (Wildman–Crippen LogP) is 3.21. The molecule has 2 aromatic rings. The highest BCUT2D eigenvalue weighted by Gasteiger charge is 2.45. The molecule has 6 rings (SSSR count). The van der Waals surface area contributed by atoms with Crippen LogP contribution in [-0.2, 0) is 14.4 Å². The smallest absolute Gasteiger partial charge is 0.360 e. The van der Waals surface area contributed by atoms with Crippen molar-refractivity contribution in [2.75, 3.05) is 6.61 Å². The molecule has 10 heteroatoms. The Morgan fingerprint density at radius 3 is 2.28 bits per heavy atom. The lowest BCUT2D eigenvalue weighted by molar-refractivity contribution is -0.130. The maximum atomic E-state index is 14.0. The predicted molar refractivity (Wildman–Crippen MR) is 145 cm³/mol. The Hall–Kier alpha value is -3.27. The van der Waals surface area contributed by atoms with Crippen LogP contribution in [0.15, 0.2) is 34.2 Å². The van der Waals surface area contributed by atoms with E-state index in [0.717, 1.165) is 37.5 Å². The molecule has 3 heterocycles. The lowest BCUT2D eigenvalue weighted by Crippen LogP contribution is -2.58. The Morgan fingerprint density at radius 2 is 1.62 bits per heavy atom. The molecule has 0 radical (unpaired) electrons. The van der Waals surface area contributed by atoms with Crippen LogP contribution < -0.4 is 11.3 Å². The van der Waals surface area contributed by atoms with E-state index < -0.39 is 29.8 Å². The molecule has 2 saturated heterocycles. The van der Waals surface area contributed by atoms with Crippen LogP contribution >= 0.6 is 0 Å². The van der Waals surface area contributed by atoms with E-state index in [2.05, 4.69) is 15.0 Å². The van der Waals surface area contributed by atoms with Gasteiger partial charge >= 0.3 is 5.97 Å². The summed E-state index contributed by atoms with van der Waals surface area (Å²) in [4.78, 5) is 49.2. The number of rotatable bonds is 7. The molecule has 2 aliphatic heterocycles. The van der Waals surface area contributed by atoms with Crippen LogP contribution in [-0.4, -0.2) is 61.9 Å². The van der Waals surface area contributed by atoms with Gasteiger partial charge in [-0.3, -0.25) is 14.5 Å². The number of benzene rings is 1. The van der Waals surface area contributed by atoms with Crippen molar-refractivity contribution in [2.24, 2.45) is 22.7 Å². The number of carboxylic acid groups (broad SMARTS) is 1. The molecule has 1 aromatic carbocycles. The lowest BCUT2D eigenvalue weighted by Gasteiger charge is -2.55. The first-order chi connectivity index (χ1) is 18.9. The summed E-state index contributed by atoms with van der Waals surface area (Å²) in [6.07, 6.45) is 13.3. The number of hydrogen-bond donors (Lipinski definition) is 2. The average Bonchev–Trinajstić information content (AvgIpc) is 2.90. The van der Waals surface area contributed by atoms with Crippen molar-refractivity contribution >= 4 is 28.6 Å². The quantitative estimate of drug-likeness (QED) is 0.410. The van der Waals surface area contributed by atoms with E-state index in [1.807, 2.05) is 18.2 Å². The largest absolute Gasteiger partial charge is 0.476 e. The number of para-hydroxylation sites is 2. The summed E-state index contributed by atoms with van der Waals surface area (Å²) in [5.41, 5.74) is 4.87. The zero-order valence-electron chi connectivity index (χ0n) is 22.2. The molecule has 1 amide bonds. The van der Waals surface area contributed by atoms with Gasteiger partial charge in [-0.25, -0.2) is 9.78 Å². The minimum atomic E-state index is -1.46. The number of nitrogens with zero attached hydrogens (tertiary/aromatic N) is 4. The second-order valence-electron chi connectivity index (χ2n) is 11.9. The number of amides is 1. The summed E-state index contributed by atoms with van der Waals surface area (Å²) in [5, 5.41) is 13.4. The van der Waals surface area contributed by atoms with E-state index >= 15 is 0 Å². The fourth-order valence-corrected chi connectivity index (χ4v) is 8.15. The first kappa shape index (κ1) is 26.0. The molecular weight excluding hydrogens is 498 g/mol. The third kappa shape index (κ3) is 5.06. The molecule has 0 unspecified atom stereocenters. The number of hydrogen-bond acceptors (Lipinski definition) is 7. The highest BCUT2D eigenvalue weighted by atomic mass is 16.6. The number of piperidine rings is 2. The van der Waals surface area contributed by atoms with Crippen LogP contribution in [0.2, 0.25) is 0 Å². The van der Waals surface area contributed by atoms with Crippen molar-refractivity contribution in [2.45, 2.75) is 94.8 Å². The van der Waals surface area contributed by atoms with E-state index in [4.69, 9.17) is 10.6 Å². The third-order valence-corrected chi connectivity index (χ3v) is 9.48. The van der Waals surface area contributed by atoms with Crippen LogP contribution in [0.3, 0.4) is 0 Å². The van der Waals surface area contributed by atoms with Crippen molar-refractivity contribution in [1.82, 2.24) is 14.5 Å². The molecule has 39 heavy (non-hydrogen) atoms. The van der Waals surface area contributed by atoms with Crippen molar-refractivity contribution in [3.8, 4) is 0 Å².